The average molecular weight is 359 g/mol. The van der Waals surface area contributed by atoms with Crippen molar-refractivity contribution < 1.29 is 8.42 Å². The van der Waals surface area contributed by atoms with E-state index in [0.717, 1.165) is 60.8 Å². The summed E-state index contributed by atoms with van der Waals surface area (Å²) in [5.74, 6) is 1.02. The van der Waals surface area contributed by atoms with E-state index in [1.54, 1.807) is 10.8 Å². The number of hydrogen-bond donors (Lipinski definition) is 1. The lowest BCUT2D eigenvalue weighted by Crippen LogP contribution is -2.23. The molecule has 3 heterocycles. The quantitative estimate of drug-likeness (QED) is 0.772. The van der Waals surface area contributed by atoms with Gasteiger partial charge in [-0.3, -0.25) is 0 Å². The van der Waals surface area contributed by atoms with Crippen molar-refractivity contribution in [3.63, 3.8) is 0 Å². The minimum Gasteiger partial charge on any atom is -0.346 e. The lowest BCUT2D eigenvalue weighted by atomic mass is 9.81. The lowest BCUT2D eigenvalue weighted by Gasteiger charge is -2.27. The van der Waals surface area contributed by atoms with Crippen LogP contribution in [0.2, 0.25) is 0 Å². The van der Waals surface area contributed by atoms with Gasteiger partial charge in [0.1, 0.15) is 17.5 Å². The molecule has 0 aromatic carbocycles. The van der Waals surface area contributed by atoms with Crippen LogP contribution in [0, 0.1) is 5.92 Å². The monoisotopic (exact) mass is 359 g/mol. The van der Waals surface area contributed by atoms with Crippen molar-refractivity contribution in [2.75, 3.05) is 5.75 Å². The second kappa shape index (κ2) is 5.52. The summed E-state index contributed by atoms with van der Waals surface area (Å²) in [6.07, 6.45) is 9.18. The largest absolute Gasteiger partial charge is 0.346 e. The van der Waals surface area contributed by atoms with Crippen LogP contribution in [0.1, 0.15) is 50.1 Å². The molecule has 8 heteroatoms. The highest BCUT2D eigenvalue weighted by molar-refractivity contribution is 7.92. The maximum atomic E-state index is 12.2. The van der Waals surface area contributed by atoms with Crippen molar-refractivity contribution in [2.45, 2.75) is 49.7 Å². The molecule has 1 N–H and O–H groups in total. The van der Waals surface area contributed by atoms with Gasteiger partial charge in [0, 0.05) is 17.5 Å². The molecular weight excluding hydrogens is 338 g/mol. The van der Waals surface area contributed by atoms with Gasteiger partial charge in [-0.25, -0.2) is 17.9 Å². The van der Waals surface area contributed by atoms with Crippen LogP contribution in [-0.4, -0.2) is 44.2 Å². The zero-order chi connectivity index (χ0) is 17.0. The summed E-state index contributed by atoms with van der Waals surface area (Å²) in [7, 11) is -2.86. The second-order valence-electron chi connectivity index (χ2n) is 7.50. The van der Waals surface area contributed by atoms with Crippen LogP contribution in [0.3, 0.4) is 0 Å². The lowest BCUT2D eigenvalue weighted by molar-refractivity contribution is 0.345. The Hall–Kier alpha value is -1.96. The first-order valence-electron chi connectivity index (χ1n) is 9.00. The third-order valence-corrected chi connectivity index (χ3v) is 8.15. The topological polar surface area (TPSA) is 93.0 Å². The molecular formula is C17H21N5O2S. The van der Waals surface area contributed by atoms with Crippen LogP contribution < -0.4 is 0 Å². The number of nitrogens with zero attached hydrogens (tertiary/aromatic N) is 4. The molecule has 2 aliphatic carbocycles. The molecule has 0 amide bonds. The van der Waals surface area contributed by atoms with Crippen LogP contribution in [0.4, 0.5) is 0 Å². The van der Waals surface area contributed by atoms with Crippen molar-refractivity contribution >= 4 is 26.4 Å². The van der Waals surface area contributed by atoms with Crippen molar-refractivity contribution in [1.29, 1.82) is 0 Å². The van der Waals surface area contributed by atoms with Gasteiger partial charge >= 0.3 is 0 Å². The number of hydrogen-bond acceptors (Lipinski definition) is 5. The number of aromatic amines is 1. The Morgan fingerprint density at radius 2 is 1.96 bits per heavy atom. The highest BCUT2D eigenvalue weighted by atomic mass is 32.2. The van der Waals surface area contributed by atoms with E-state index in [0.29, 0.717) is 17.6 Å². The Balaban J connectivity index is 1.37. The summed E-state index contributed by atoms with van der Waals surface area (Å²) in [6.45, 7) is 0. The molecule has 3 aromatic heterocycles. The summed E-state index contributed by atoms with van der Waals surface area (Å²) >= 11 is 0. The van der Waals surface area contributed by atoms with Gasteiger partial charge in [0.05, 0.1) is 16.7 Å². The van der Waals surface area contributed by atoms with Crippen molar-refractivity contribution in [1.82, 2.24) is 24.8 Å². The summed E-state index contributed by atoms with van der Waals surface area (Å²) < 4.78 is 26.2. The molecule has 5 rings (SSSR count). The van der Waals surface area contributed by atoms with Crippen molar-refractivity contribution in [3.05, 3.63) is 24.3 Å². The fourth-order valence-electron chi connectivity index (χ4n) is 4.19. The standard InChI is InChI=1S/C17H21N5O2S/c23-25(24,13-5-6-13)9-11-1-3-12(4-2-11)15-16-14-7-8-18-17(14)19-10-22(16)21-20-15/h7-8,10-13,18H,1-6,9H2. The second-order valence-corrected chi connectivity index (χ2v) is 9.82. The van der Waals surface area contributed by atoms with Crippen LogP contribution in [0.15, 0.2) is 18.6 Å². The minimum absolute atomic E-state index is 0.0408. The van der Waals surface area contributed by atoms with E-state index in [9.17, 15) is 8.42 Å². The van der Waals surface area contributed by atoms with Crippen molar-refractivity contribution in [3.8, 4) is 0 Å². The molecule has 7 nitrogen and oxygen atoms in total. The first-order chi connectivity index (χ1) is 12.1. The van der Waals surface area contributed by atoms with Crippen LogP contribution in [-0.2, 0) is 9.84 Å². The Morgan fingerprint density at radius 1 is 1.16 bits per heavy atom. The van der Waals surface area contributed by atoms with Crippen LogP contribution in [0.25, 0.3) is 16.6 Å². The predicted octanol–water partition coefficient (Wildman–Crippen LogP) is 2.46. The fourth-order valence-corrected chi connectivity index (χ4v) is 6.31. The van der Waals surface area contributed by atoms with Gasteiger partial charge in [-0.1, -0.05) is 5.21 Å². The molecule has 0 aliphatic heterocycles. The third-order valence-electron chi connectivity index (χ3n) is 5.73. The number of nitrogens with one attached hydrogen (secondary N) is 1. The Labute approximate surface area is 145 Å². The van der Waals surface area contributed by atoms with E-state index in [1.807, 2.05) is 12.3 Å². The highest BCUT2D eigenvalue weighted by Gasteiger charge is 2.38. The first kappa shape index (κ1) is 15.3. The van der Waals surface area contributed by atoms with Gasteiger partial charge in [-0.05, 0) is 50.5 Å². The zero-order valence-electron chi connectivity index (χ0n) is 13.9. The number of sulfone groups is 1. The van der Waals surface area contributed by atoms with Gasteiger partial charge in [0.25, 0.3) is 0 Å². The van der Waals surface area contributed by atoms with Gasteiger partial charge in [-0.15, -0.1) is 5.10 Å². The molecule has 0 saturated heterocycles. The van der Waals surface area contributed by atoms with E-state index in [4.69, 9.17) is 0 Å². The molecule has 0 unspecified atom stereocenters. The van der Waals surface area contributed by atoms with Gasteiger partial charge < -0.3 is 4.98 Å². The molecule has 132 valence electrons. The number of H-pyrrole nitrogens is 1. The average Bonchev–Trinajstić information content (AvgIpc) is 3.22. The molecule has 2 aliphatic rings. The molecule has 0 radical (unpaired) electrons. The minimum atomic E-state index is -2.86. The molecule has 2 fully saturated rings. The van der Waals surface area contributed by atoms with Crippen LogP contribution in [0.5, 0.6) is 0 Å². The number of rotatable bonds is 4. The van der Waals surface area contributed by atoms with Gasteiger partial charge in [-0.2, -0.15) is 0 Å². The van der Waals surface area contributed by atoms with Crippen LogP contribution >= 0.6 is 0 Å². The normalized spacial score (nSPS) is 25.0. The first-order valence-corrected chi connectivity index (χ1v) is 10.7. The summed E-state index contributed by atoms with van der Waals surface area (Å²) in [6, 6.07) is 2.01. The Morgan fingerprint density at radius 3 is 2.72 bits per heavy atom. The number of aromatic nitrogens is 5. The van der Waals surface area contributed by atoms with E-state index >= 15 is 0 Å². The summed E-state index contributed by atoms with van der Waals surface area (Å²) in [5, 5.41) is 9.66. The molecule has 0 spiro atoms. The summed E-state index contributed by atoms with van der Waals surface area (Å²) in [4.78, 5) is 7.47. The smallest absolute Gasteiger partial charge is 0.153 e. The van der Waals surface area contributed by atoms with E-state index < -0.39 is 9.84 Å². The van der Waals surface area contributed by atoms with Gasteiger partial charge in [0.15, 0.2) is 9.84 Å². The molecule has 3 aromatic rings. The fraction of sp³-hybridized carbons (Fsp3) is 0.588. The van der Waals surface area contributed by atoms with E-state index in [2.05, 4.69) is 20.3 Å². The van der Waals surface area contributed by atoms with E-state index in [1.165, 1.54) is 0 Å². The highest BCUT2D eigenvalue weighted by Crippen LogP contribution is 2.39. The molecule has 0 atom stereocenters. The molecule has 2 saturated carbocycles. The maximum Gasteiger partial charge on any atom is 0.153 e. The Kier molecular flexibility index (Phi) is 3.38. The number of fused-ring (bicyclic) bond motifs is 3. The Bertz CT molecular complexity index is 1030. The third kappa shape index (κ3) is 2.63. The molecule has 25 heavy (non-hydrogen) atoms. The van der Waals surface area contributed by atoms with Crippen molar-refractivity contribution in [2.24, 2.45) is 5.92 Å². The van der Waals surface area contributed by atoms with Gasteiger partial charge in [0.2, 0.25) is 0 Å². The SMILES string of the molecule is O=S(=O)(CC1CCC(c2nnn3cnc4[nH]ccc4c23)CC1)C1CC1. The summed E-state index contributed by atoms with van der Waals surface area (Å²) in [5.41, 5.74) is 2.90. The molecule has 0 bridgehead atoms. The van der Waals surface area contributed by atoms with E-state index in [-0.39, 0.29) is 5.25 Å². The maximum absolute atomic E-state index is 12.2. The zero-order valence-corrected chi connectivity index (χ0v) is 14.7. The predicted molar refractivity (Wildman–Crippen MR) is 94.1 cm³/mol.